The van der Waals surface area contributed by atoms with Gasteiger partial charge in [-0.3, -0.25) is 0 Å². The Morgan fingerprint density at radius 2 is 1.89 bits per heavy atom. The number of fused-ring (bicyclic) bond motifs is 1. The van der Waals surface area contributed by atoms with E-state index in [-0.39, 0.29) is 23.1 Å². The summed E-state index contributed by atoms with van der Waals surface area (Å²) in [6, 6.07) is 8.07. The quantitative estimate of drug-likeness (QED) is 0.612. The molecule has 0 saturated heterocycles. The van der Waals surface area contributed by atoms with Crippen LogP contribution in [0.1, 0.15) is 0 Å². The average molecular weight is 255 g/mol. The molecule has 0 aliphatic carbocycles. The molecule has 0 atom stereocenters. The second-order valence-electron chi connectivity index (χ2n) is 3.85. The van der Waals surface area contributed by atoms with Crippen LogP contribution in [0.15, 0.2) is 46.9 Å². The summed E-state index contributed by atoms with van der Waals surface area (Å²) in [5.74, 6) is 0.298. The average Bonchev–Trinajstić information content (AvgIpc) is 2.91. The van der Waals surface area contributed by atoms with E-state index in [9.17, 15) is 10.2 Å². The first-order chi connectivity index (χ1) is 9.24. The number of phenolic OH excluding ortho intramolecular Hbond substituents is 2. The Kier molecular flexibility index (Phi) is 2.57. The number of phenols is 2. The van der Waals surface area contributed by atoms with Crippen LogP contribution in [0.3, 0.4) is 0 Å². The Balaban J connectivity index is 2.16. The number of hydrogen-bond donors (Lipinski definition) is 3. The highest BCUT2D eigenvalue weighted by molar-refractivity contribution is 5.96. The van der Waals surface area contributed by atoms with Crippen LogP contribution in [-0.4, -0.2) is 25.4 Å². The molecule has 0 aliphatic rings. The van der Waals surface area contributed by atoms with Gasteiger partial charge in [0.1, 0.15) is 23.5 Å². The van der Waals surface area contributed by atoms with Gasteiger partial charge in [0.25, 0.3) is 5.95 Å². The normalized spacial score (nSPS) is 11.4. The summed E-state index contributed by atoms with van der Waals surface area (Å²) in [4.78, 5) is 3.80. The van der Waals surface area contributed by atoms with E-state index in [1.807, 2.05) is 0 Å². The number of nitrogens with one attached hydrogen (secondary N) is 1. The van der Waals surface area contributed by atoms with Crippen molar-refractivity contribution in [2.75, 3.05) is 0 Å². The lowest BCUT2D eigenvalue weighted by molar-refractivity contribution is 0.475. The molecule has 0 saturated carbocycles. The fourth-order valence-electron chi connectivity index (χ4n) is 1.73. The molecule has 0 fully saturated rings. The van der Waals surface area contributed by atoms with E-state index in [0.717, 1.165) is 5.39 Å². The summed E-state index contributed by atoms with van der Waals surface area (Å²) in [7, 11) is 0. The molecule has 0 spiro atoms. The Hall–Kier alpha value is -2.96. The Bertz CT molecular complexity index is 747. The number of aromatic nitrogens is 3. The molecule has 3 N–H and O–H groups in total. The van der Waals surface area contributed by atoms with Gasteiger partial charge in [-0.15, -0.1) is 10.2 Å². The van der Waals surface area contributed by atoms with E-state index in [2.05, 4.69) is 25.4 Å². The highest BCUT2D eigenvalue weighted by atomic mass is 16.3. The van der Waals surface area contributed by atoms with Crippen LogP contribution in [0, 0.1) is 0 Å². The highest BCUT2D eigenvalue weighted by Gasteiger charge is 2.07. The summed E-state index contributed by atoms with van der Waals surface area (Å²) in [5.41, 5.74) is 0.268. The maximum absolute atomic E-state index is 9.85. The molecule has 2 aromatic carbocycles. The van der Waals surface area contributed by atoms with Gasteiger partial charge >= 0.3 is 0 Å². The number of benzene rings is 2. The van der Waals surface area contributed by atoms with Crippen molar-refractivity contribution in [3.05, 3.63) is 36.7 Å². The minimum absolute atomic E-state index is 0.0265. The minimum Gasteiger partial charge on any atom is -0.508 e. The molecule has 3 aromatic rings. The maximum atomic E-state index is 9.85. The molecule has 1 aromatic heterocycles. The van der Waals surface area contributed by atoms with Gasteiger partial charge in [0.2, 0.25) is 0 Å². The third-order valence-electron chi connectivity index (χ3n) is 2.60. The topological polar surface area (TPSA) is 107 Å². The summed E-state index contributed by atoms with van der Waals surface area (Å²) in [6.07, 6.45) is 1.31. The van der Waals surface area contributed by atoms with Crippen molar-refractivity contribution in [1.29, 1.82) is 0 Å². The smallest absolute Gasteiger partial charge is 0.264 e. The van der Waals surface area contributed by atoms with Crippen LogP contribution >= 0.6 is 0 Å². The monoisotopic (exact) mass is 255 g/mol. The van der Waals surface area contributed by atoms with Gasteiger partial charge in [0.05, 0.1) is 0 Å². The first-order valence-electron chi connectivity index (χ1n) is 5.46. The fourth-order valence-corrected chi connectivity index (χ4v) is 1.73. The van der Waals surface area contributed by atoms with E-state index >= 15 is 0 Å². The first-order valence-corrected chi connectivity index (χ1v) is 5.46. The summed E-state index contributed by atoms with van der Waals surface area (Å²) in [6.45, 7) is 0. The zero-order valence-corrected chi connectivity index (χ0v) is 9.65. The number of H-pyrrole nitrogens is 1. The van der Waals surface area contributed by atoms with Crippen LogP contribution < -0.4 is 0 Å². The molecule has 3 rings (SSSR count). The SMILES string of the molecule is Oc1ccc2ccc(O)c(N=Nc3ncn[nH]3)c2c1. The number of aromatic amines is 1. The van der Waals surface area contributed by atoms with Gasteiger partial charge in [0, 0.05) is 5.39 Å². The molecular formula is C12H9N5O2. The van der Waals surface area contributed by atoms with E-state index in [0.29, 0.717) is 5.39 Å². The summed E-state index contributed by atoms with van der Waals surface area (Å²) >= 11 is 0. The largest absolute Gasteiger partial charge is 0.508 e. The lowest BCUT2D eigenvalue weighted by atomic mass is 10.1. The standard InChI is InChI=1S/C12H9N5O2/c18-8-3-1-7-2-4-10(19)11(9(7)5-8)15-17-12-13-6-14-16-12/h1-6,18-19H,(H,13,14,16). The predicted octanol–water partition coefficient (Wildman–Crippen LogP) is 2.78. The number of rotatable bonds is 2. The van der Waals surface area contributed by atoms with E-state index < -0.39 is 0 Å². The Labute approximate surface area is 107 Å². The molecule has 1 heterocycles. The van der Waals surface area contributed by atoms with Crippen LogP contribution in [-0.2, 0) is 0 Å². The Morgan fingerprint density at radius 3 is 2.68 bits per heavy atom. The van der Waals surface area contributed by atoms with Crippen LogP contribution in [0.25, 0.3) is 10.8 Å². The van der Waals surface area contributed by atoms with Crippen molar-refractivity contribution in [3.63, 3.8) is 0 Å². The molecule has 0 amide bonds. The molecule has 0 bridgehead atoms. The first kappa shape index (κ1) is 11.1. The molecule has 0 radical (unpaired) electrons. The molecule has 7 nitrogen and oxygen atoms in total. The van der Waals surface area contributed by atoms with Crippen molar-refractivity contribution in [1.82, 2.24) is 15.2 Å². The summed E-state index contributed by atoms with van der Waals surface area (Å²) in [5, 5.41) is 34.8. The van der Waals surface area contributed by atoms with Crippen molar-refractivity contribution in [2.24, 2.45) is 10.2 Å². The number of azo groups is 1. The van der Waals surface area contributed by atoms with Crippen LogP contribution in [0.5, 0.6) is 11.5 Å². The number of hydrogen-bond acceptors (Lipinski definition) is 6. The lowest BCUT2D eigenvalue weighted by Gasteiger charge is -2.04. The van der Waals surface area contributed by atoms with Crippen molar-refractivity contribution < 1.29 is 10.2 Å². The van der Waals surface area contributed by atoms with Gasteiger partial charge in [-0.1, -0.05) is 12.1 Å². The minimum atomic E-state index is -0.0265. The third-order valence-corrected chi connectivity index (χ3v) is 2.60. The van der Waals surface area contributed by atoms with E-state index in [1.54, 1.807) is 18.2 Å². The molecule has 19 heavy (non-hydrogen) atoms. The van der Waals surface area contributed by atoms with Crippen LogP contribution in [0.4, 0.5) is 11.6 Å². The third kappa shape index (κ3) is 2.08. The van der Waals surface area contributed by atoms with Gasteiger partial charge in [0.15, 0.2) is 0 Å². The van der Waals surface area contributed by atoms with Crippen molar-refractivity contribution in [3.8, 4) is 11.5 Å². The predicted molar refractivity (Wildman–Crippen MR) is 67.8 cm³/mol. The second-order valence-corrected chi connectivity index (χ2v) is 3.85. The molecule has 0 aliphatic heterocycles. The van der Waals surface area contributed by atoms with Gasteiger partial charge in [-0.2, -0.15) is 10.1 Å². The van der Waals surface area contributed by atoms with Crippen LogP contribution in [0.2, 0.25) is 0 Å². The van der Waals surface area contributed by atoms with Gasteiger partial charge in [-0.05, 0) is 23.6 Å². The Morgan fingerprint density at radius 1 is 1.05 bits per heavy atom. The molecule has 94 valence electrons. The molecule has 0 unspecified atom stereocenters. The zero-order valence-electron chi connectivity index (χ0n) is 9.65. The van der Waals surface area contributed by atoms with Crippen molar-refractivity contribution in [2.45, 2.75) is 0 Å². The number of aromatic hydroxyl groups is 2. The fraction of sp³-hybridized carbons (Fsp3) is 0. The highest BCUT2D eigenvalue weighted by Crippen LogP contribution is 2.37. The summed E-state index contributed by atoms with van der Waals surface area (Å²) < 4.78 is 0. The lowest BCUT2D eigenvalue weighted by Crippen LogP contribution is -1.76. The number of nitrogens with zero attached hydrogens (tertiary/aromatic N) is 4. The van der Waals surface area contributed by atoms with Gasteiger partial charge < -0.3 is 10.2 Å². The second kappa shape index (κ2) is 4.37. The maximum Gasteiger partial charge on any atom is 0.264 e. The molecule has 7 heteroatoms. The van der Waals surface area contributed by atoms with Gasteiger partial charge in [-0.25, -0.2) is 5.10 Å². The van der Waals surface area contributed by atoms with Crippen molar-refractivity contribution >= 4 is 22.4 Å². The molecular weight excluding hydrogens is 246 g/mol. The van der Waals surface area contributed by atoms with E-state index in [4.69, 9.17) is 0 Å². The van der Waals surface area contributed by atoms with E-state index in [1.165, 1.54) is 18.5 Å². The zero-order chi connectivity index (χ0) is 13.2.